The van der Waals surface area contributed by atoms with Crippen molar-refractivity contribution in [1.82, 2.24) is 4.90 Å². The first-order valence-electron chi connectivity index (χ1n) is 4.31. The van der Waals surface area contributed by atoms with Crippen molar-refractivity contribution in [3.8, 4) is 0 Å². The van der Waals surface area contributed by atoms with Gasteiger partial charge in [-0.15, -0.1) is 17.4 Å². The maximum Gasteiger partial charge on any atom is 0.251 e. The van der Waals surface area contributed by atoms with Crippen LogP contribution in [0.3, 0.4) is 0 Å². The van der Waals surface area contributed by atoms with Crippen LogP contribution in [0, 0.1) is 0 Å². The Balaban J connectivity index is 0.000000180. The van der Waals surface area contributed by atoms with Crippen LogP contribution in [0.25, 0.3) is 0 Å². The monoisotopic (exact) mass is 157 g/mol. The van der Waals surface area contributed by atoms with E-state index in [0.717, 1.165) is 0 Å². The predicted octanol–water partition coefficient (Wildman–Crippen LogP) is 2.08. The van der Waals surface area contributed by atoms with Crippen molar-refractivity contribution in [3.63, 3.8) is 0 Å². The van der Waals surface area contributed by atoms with Crippen molar-refractivity contribution in [2.75, 3.05) is 20.1 Å². The molecule has 0 atom stereocenters. The van der Waals surface area contributed by atoms with E-state index in [4.69, 9.17) is 0 Å². The van der Waals surface area contributed by atoms with Gasteiger partial charge in [0, 0.05) is 0 Å². The van der Waals surface area contributed by atoms with Crippen molar-refractivity contribution in [3.05, 3.63) is 0 Å². The molecule has 2 heteroatoms. The van der Waals surface area contributed by atoms with Crippen molar-refractivity contribution >= 4 is 14.1 Å². The lowest BCUT2D eigenvalue weighted by atomic mass is 10.4. The van der Waals surface area contributed by atoms with Crippen LogP contribution in [-0.4, -0.2) is 39.2 Å². The van der Waals surface area contributed by atoms with E-state index in [1.807, 2.05) is 0 Å². The van der Waals surface area contributed by atoms with Gasteiger partial charge >= 0.3 is 0 Å². The number of hydrogen-bond donors (Lipinski definition) is 0. The summed E-state index contributed by atoms with van der Waals surface area (Å²) >= 11 is -0.139. The summed E-state index contributed by atoms with van der Waals surface area (Å²) in [5.41, 5.74) is 0. The number of likely N-dealkylation sites (tertiary alicyclic amines) is 1. The highest BCUT2D eigenvalue weighted by atomic mass is 27.2. The highest BCUT2D eigenvalue weighted by molar-refractivity contribution is 6.54. The van der Waals surface area contributed by atoms with Gasteiger partial charge in [0.15, 0.2) is 0 Å². The number of nitrogens with zero attached hydrogens (tertiary/aromatic N) is 1. The Labute approximate surface area is 69.8 Å². The maximum absolute atomic E-state index is 2.36. The fraction of sp³-hybridized carbons (Fsp3) is 1.00. The molecule has 60 valence electrons. The van der Waals surface area contributed by atoms with Crippen LogP contribution in [0.15, 0.2) is 0 Å². The first-order chi connectivity index (χ1) is 4.63. The Morgan fingerprint density at radius 3 is 1.40 bits per heavy atom. The van der Waals surface area contributed by atoms with Crippen LogP contribution in [0.2, 0.25) is 17.4 Å². The Morgan fingerprint density at radius 2 is 1.30 bits per heavy atom. The van der Waals surface area contributed by atoms with Crippen LogP contribution >= 0.6 is 0 Å². The van der Waals surface area contributed by atoms with Gasteiger partial charge in [0.1, 0.15) is 0 Å². The normalized spacial score (nSPS) is 18.0. The molecule has 10 heavy (non-hydrogen) atoms. The zero-order chi connectivity index (χ0) is 7.98. The van der Waals surface area contributed by atoms with Gasteiger partial charge in [0.05, 0.1) is 0 Å². The first-order valence-corrected chi connectivity index (χ1v) is 7.78. The Bertz CT molecular complexity index is 64.9. The van der Waals surface area contributed by atoms with E-state index in [0.29, 0.717) is 0 Å². The van der Waals surface area contributed by atoms with Gasteiger partial charge in [-0.25, -0.2) is 0 Å². The first kappa shape index (κ1) is 10.5. The molecule has 0 aromatic carbocycles. The molecular formula is C8H20AlN. The summed E-state index contributed by atoms with van der Waals surface area (Å²) < 4.78 is 0. The highest BCUT2D eigenvalue weighted by Gasteiger charge is 2.03. The van der Waals surface area contributed by atoms with Crippen LogP contribution in [0.4, 0.5) is 0 Å². The van der Waals surface area contributed by atoms with Crippen LogP contribution in [-0.2, 0) is 0 Å². The van der Waals surface area contributed by atoms with E-state index in [2.05, 4.69) is 29.3 Å². The summed E-state index contributed by atoms with van der Waals surface area (Å²) in [6.07, 6.45) is 2.83. The van der Waals surface area contributed by atoms with Crippen molar-refractivity contribution in [2.24, 2.45) is 0 Å². The fourth-order valence-electron chi connectivity index (χ4n) is 0.875. The van der Waals surface area contributed by atoms with Gasteiger partial charge in [0.2, 0.25) is 0 Å². The second-order valence-electron chi connectivity index (χ2n) is 3.74. The second-order valence-corrected chi connectivity index (χ2v) is 7.21. The molecule has 1 saturated heterocycles. The van der Waals surface area contributed by atoms with E-state index >= 15 is 0 Å². The summed E-state index contributed by atoms with van der Waals surface area (Å²) in [4.78, 5) is 2.36. The van der Waals surface area contributed by atoms with Gasteiger partial charge in [-0.1, -0.05) is 0 Å². The van der Waals surface area contributed by atoms with Gasteiger partial charge in [-0.3, -0.25) is 0 Å². The van der Waals surface area contributed by atoms with Gasteiger partial charge in [0.25, 0.3) is 14.1 Å². The molecule has 1 heterocycles. The van der Waals surface area contributed by atoms with Crippen LogP contribution in [0.1, 0.15) is 12.8 Å². The lowest BCUT2D eigenvalue weighted by Gasteiger charge is -2.01. The fourth-order valence-corrected chi connectivity index (χ4v) is 0.875. The predicted molar refractivity (Wildman–Crippen MR) is 50.1 cm³/mol. The highest BCUT2D eigenvalue weighted by Crippen LogP contribution is 2.01. The quantitative estimate of drug-likeness (QED) is 0.487. The molecule has 0 unspecified atom stereocenters. The molecule has 0 saturated carbocycles. The van der Waals surface area contributed by atoms with E-state index in [9.17, 15) is 0 Å². The van der Waals surface area contributed by atoms with Crippen LogP contribution in [0.5, 0.6) is 0 Å². The average molecular weight is 157 g/mol. The Morgan fingerprint density at radius 1 is 1.00 bits per heavy atom. The maximum atomic E-state index is 2.36. The van der Waals surface area contributed by atoms with Crippen molar-refractivity contribution in [1.29, 1.82) is 0 Å². The summed E-state index contributed by atoms with van der Waals surface area (Å²) in [5.74, 6) is 6.92. The Kier molecular flexibility index (Phi) is 6.52. The van der Waals surface area contributed by atoms with Gasteiger partial charge in [-0.2, -0.15) is 0 Å². The molecule has 0 N–H and O–H groups in total. The molecule has 1 fully saturated rings. The standard InChI is InChI=1S/C5H11N.3CH3.Al/c1-6-4-2-3-5-6;;;;/h2-5H2,1H3;3*1H3;. The molecule has 1 aliphatic rings. The van der Waals surface area contributed by atoms with Crippen molar-refractivity contribution < 1.29 is 0 Å². The van der Waals surface area contributed by atoms with E-state index in [1.165, 1.54) is 25.9 Å². The molecule has 0 bridgehead atoms. The van der Waals surface area contributed by atoms with Crippen molar-refractivity contribution in [2.45, 2.75) is 30.2 Å². The number of hydrogen-bond acceptors (Lipinski definition) is 1. The molecule has 0 aliphatic carbocycles. The SMILES string of the molecule is CN1CCCC1.[CH3][Al]([CH3])[CH3]. The molecule has 0 aromatic rings. The summed E-state index contributed by atoms with van der Waals surface area (Å²) in [6, 6.07) is 0. The van der Waals surface area contributed by atoms with E-state index in [1.54, 1.807) is 0 Å². The van der Waals surface area contributed by atoms with Gasteiger partial charge < -0.3 is 4.90 Å². The molecule has 0 radical (unpaired) electrons. The molecule has 0 aromatic heterocycles. The summed E-state index contributed by atoms with van der Waals surface area (Å²) in [7, 11) is 2.17. The molecule has 1 aliphatic heterocycles. The van der Waals surface area contributed by atoms with E-state index in [-0.39, 0.29) is 14.1 Å². The average Bonchev–Trinajstić information content (AvgIpc) is 2.15. The molecule has 0 amide bonds. The minimum absolute atomic E-state index is 0.139. The second kappa shape index (κ2) is 6.22. The smallest absolute Gasteiger partial charge is 0.251 e. The summed E-state index contributed by atoms with van der Waals surface area (Å²) in [5, 5.41) is 0. The summed E-state index contributed by atoms with van der Waals surface area (Å²) in [6.45, 7) is 2.64. The zero-order valence-corrected chi connectivity index (χ0v) is 9.01. The van der Waals surface area contributed by atoms with Crippen LogP contribution < -0.4 is 0 Å². The minimum atomic E-state index is -0.139. The van der Waals surface area contributed by atoms with Gasteiger partial charge in [-0.05, 0) is 33.0 Å². The molecule has 1 rings (SSSR count). The Hall–Kier alpha value is 0.492. The lowest BCUT2D eigenvalue weighted by molar-refractivity contribution is 0.418. The molecule has 1 nitrogen and oxygen atoms in total. The lowest BCUT2D eigenvalue weighted by Crippen LogP contribution is -2.10. The third-order valence-corrected chi connectivity index (χ3v) is 1.33. The third kappa shape index (κ3) is 8.49. The largest absolute Gasteiger partial charge is 0.306 e. The third-order valence-electron chi connectivity index (χ3n) is 1.33. The topological polar surface area (TPSA) is 3.24 Å². The molecular weight excluding hydrogens is 137 g/mol. The molecule has 0 spiro atoms. The number of rotatable bonds is 0. The zero-order valence-electron chi connectivity index (χ0n) is 7.85. The van der Waals surface area contributed by atoms with E-state index < -0.39 is 0 Å². The minimum Gasteiger partial charge on any atom is -0.306 e.